The van der Waals surface area contributed by atoms with Gasteiger partial charge in [0.25, 0.3) is 0 Å². The second kappa shape index (κ2) is 7.33. The fourth-order valence-electron chi connectivity index (χ4n) is 1.83. The molecule has 6 nitrogen and oxygen atoms in total. The van der Waals surface area contributed by atoms with Gasteiger partial charge in [0.1, 0.15) is 17.3 Å². The summed E-state index contributed by atoms with van der Waals surface area (Å²) in [6.07, 6.45) is 3.67. The highest BCUT2D eigenvalue weighted by molar-refractivity contribution is 5.76. The van der Waals surface area contributed by atoms with Crippen LogP contribution < -0.4 is 14.8 Å². The minimum Gasteiger partial charge on any atom is -0.497 e. The summed E-state index contributed by atoms with van der Waals surface area (Å²) in [7, 11) is 1.61. The fourth-order valence-corrected chi connectivity index (χ4v) is 1.83. The summed E-state index contributed by atoms with van der Waals surface area (Å²) in [6.45, 7) is 2.20. The molecule has 0 bridgehead atoms. The molecule has 0 fully saturated rings. The molecule has 1 unspecified atom stereocenters. The molecule has 1 heterocycles. The first-order valence-corrected chi connectivity index (χ1v) is 6.74. The predicted octanol–water partition coefficient (Wildman–Crippen LogP) is 2.06. The third-order valence-corrected chi connectivity index (χ3v) is 2.96. The zero-order chi connectivity index (χ0) is 15.1. The van der Waals surface area contributed by atoms with E-state index in [4.69, 9.17) is 9.47 Å². The summed E-state index contributed by atoms with van der Waals surface area (Å²) in [4.78, 5) is 18.9. The maximum atomic E-state index is 11.8. The third-order valence-electron chi connectivity index (χ3n) is 2.96. The Hall–Kier alpha value is -2.50. The van der Waals surface area contributed by atoms with Crippen molar-refractivity contribution in [2.45, 2.75) is 19.4 Å². The Bertz CT molecular complexity index is 552. The average molecular weight is 289 g/mol. The first-order valence-electron chi connectivity index (χ1n) is 6.74. The van der Waals surface area contributed by atoms with Gasteiger partial charge in [0, 0.05) is 12.4 Å². The van der Waals surface area contributed by atoms with E-state index in [1.807, 2.05) is 31.2 Å². The number of ether oxygens (including phenoxy) is 2. The highest BCUT2D eigenvalue weighted by Gasteiger charge is 2.11. The maximum absolute atomic E-state index is 11.8. The number of imidazole rings is 1. The maximum Gasteiger partial charge on any atom is 0.224 e. The lowest BCUT2D eigenvalue weighted by Gasteiger charge is -2.12. The monoisotopic (exact) mass is 289 g/mol. The molecule has 1 atom stereocenters. The number of rotatable bonds is 7. The molecule has 21 heavy (non-hydrogen) atoms. The van der Waals surface area contributed by atoms with Gasteiger partial charge >= 0.3 is 0 Å². The number of nitrogens with one attached hydrogen (secondary N) is 2. The Morgan fingerprint density at radius 3 is 2.67 bits per heavy atom. The van der Waals surface area contributed by atoms with Gasteiger partial charge in [-0.25, -0.2) is 4.98 Å². The Morgan fingerprint density at radius 1 is 1.33 bits per heavy atom. The number of nitrogens with zero attached hydrogens (tertiary/aromatic N) is 1. The predicted molar refractivity (Wildman–Crippen MR) is 78.3 cm³/mol. The summed E-state index contributed by atoms with van der Waals surface area (Å²) in [6, 6.07) is 7.10. The largest absolute Gasteiger partial charge is 0.497 e. The Kier molecular flexibility index (Phi) is 5.20. The molecular formula is C15H19N3O3. The van der Waals surface area contributed by atoms with E-state index in [0.29, 0.717) is 12.4 Å². The zero-order valence-electron chi connectivity index (χ0n) is 12.1. The number of hydrogen-bond donors (Lipinski definition) is 2. The molecule has 112 valence electrons. The molecule has 2 aromatic rings. The van der Waals surface area contributed by atoms with E-state index in [2.05, 4.69) is 15.3 Å². The second-order valence-corrected chi connectivity index (χ2v) is 4.54. The van der Waals surface area contributed by atoms with Crippen LogP contribution in [0.1, 0.15) is 25.2 Å². The molecule has 0 saturated carbocycles. The smallest absolute Gasteiger partial charge is 0.224 e. The molecule has 2 rings (SSSR count). The van der Waals surface area contributed by atoms with Crippen molar-refractivity contribution >= 4 is 5.91 Å². The van der Waals surface area contributed by atoms with Gasteiger partial charge in [0.15, 0.2) is 0 Å². The van der Waals surface area contributed by atoms with Crippen LogP contribution >= 0.6 is 0 Å². The number of H-pyrrole nitrogens is 1. The lowest BCUT2D eigenvalue weighted by atomic mass is 10.3. The van der Waals surface area contributed by atoms with Crippen LogP contribution in [-0.4, -0.2) is 29.6 Å². The normalized spacial score (nSPS) is 11.7. The van der Waals surface area contributed by atoms with Crippen molar-refractivity contribution in [3.8, 4) is 11.5 Å². The molecule has 1 aromatic heterocycles. The third kappa shape index (κ3) is 4.52. The van der Waals surface area contributed by atoms with Crippen LogP contribution in [0, 0.1) is 0 Å². The molecule has 0 saturated heterocycles. The van der Waals surface area contributed by atoms with Crippen LogP contribution in [0.25, 0.3) is 0 Å². The Labute approximate surface area is 123 Å². The molecule has 0 spiro atoms. The van der Waals surface area contributed by atoms with Crippen molar-refractivity contribution in [2.24, 2.45) is 0 Å². The number of benzene rings is 1. The van der Waals surface area contributed by atoms with E-state index in [1.165, 1.54) is 0 Å². The number of hydrogen-bond acceptors (Lipinski definition) is 4. The number of aromatic amines is 1. The molecule has 0 radical (unpaired) electrons. The lowest BCUT2D eigenvalue weighted by molar-refractivity contribution is -0.122. The second-order valence-electron chi connectivity index (χ2n) is 4.54. The van der Waals surface area contributed by atoms with Gasteiger partial charge in [0.05, 0.1) is 26.2 Å². The molecule has 0 aliphatic heterocycles. The molecule has 2 N–H and O–H groups in total. The van der Waals surface area contributed by atoms with Crippen molar-refractivity contribution < 1.29 is 14.3 Å². The molecule has 1 amide bonds. The number of aromatic nitrogens is 2. The SMILES string of the molecule is COc1ccc(OCCC(=O)NC(C)c2ncc[nH]2)cc1. The van der Waals surface area contributed by atoms with Crippen molar-refractivity contribution in [3.63, 3.8) is 0 Å². The average Bonchev–Trinajstić information content (AvgIpc) is 3.02. The summed E-state index contributed by atoms with van der Waals surface area (Å²) in [5.74, 6) is 2.14. The van der Waals surface area contributed by atoms with Crippen molar-refractivity contribution in [2.75, 3.05) is 13.7 Å². The van der Waals surface area contributed by atoms with Crippen LogP contribution in [-0.2, 0) is 4.79 Å². The molecule has 0 aliphatic carbocycles. The minimum atomic E-state index is -0.145. The van der Waals surface area contributed by atoms with Gasteiger partial charge in [0.2, 0.25) is 5.91 Å². The molecule has 0 aliphatic rings. The van der Waals surface area contributed by atoms with Crippen molar-refractivity contribution in [3.05, 3.63) is 42.5 Å². The zero-order valence-corrected chi connectivity index (χ0v) is 12.1. The highest BCUT2D eigenvalue weighted by Crippen LogP contribution is 2.17. The number of amides is 1. The molecule has 1 aromatic carbocycles. The van der Waals surface area contributed by atoms with Gasteiger partial charge in [-0.3, -0.25) is 4.79 Å². The summed E-state index contributed by atoms with van der Waals surface area (Å²) in [5.41, 5.74) is 0. The number of carbonyl (C=O) groups excluding carboxylic acids is 1. The van der Waals surface area contributed by atoms with Crippen molar-refractivity contribution in [1.29, 1.82) is 0 Å². The summed E-state index contributed by atoms with van der Waals surface area (Å²) in [5, 5.41) is 2.85. The van der Waals surface area contributed by atoms with E-state index >= 15 is 0 Å². The van der Waals surface area contributed by atoms with Gasteiger partial charge in [-0.05, 0) is 31.2 Å². The van der Waals surface area contributed by atoms with E-state index in [0.717, 1.165) is 11.6 Å². The molecular weight excluding hydrogens is 270 g/mol. The van der Waals surface area contributed by atoms with Crippen LogP contribution in [0.15, 0.2) is 36.7 Å². The van der Waals surface area contributed by atoms with E-state index in [9.17, 15) is 4.79 Å². The topological polar surface area (TPSA) is 76.2 Å². The van der Waals surface area contributed by atoms with E-state index < -0.39 is 0 Å². The van der Waals surface area contributed by atoms with E-state index in [1.54, 1.807) is 19.5 Å². The van der Waals surface area contributed by atoms with Crippen LogP contribution in [0.3, 0.4) is 0 Å². The highest BCUT2D eigenvalue weighted by atomic mass is 16.5. The van der Waals surface area contributed by atoms with E-state index in [-0.39, 0.29) is 18.4 Å². The lowest BCUT2D eigenvalue weighted by Crippen LogP contribution is -2.28. The van der Waals surface area contributed by atoms with Gasteiger partial charge < -0.3 is 19.8 Å². The first kappa shape index (κ1) is 14.9. The number of carbonyl (C=O) groups is 1. The number of methoxy groups -OCH3 is 1. The first-order chi connectivity index (χ1) is 10.2. The van der Waals surface area contributed by atoms with Gasteiger partial charge in [-0.15, -0.1) is 0 Å². The quantitative estimate of drug-likeness (QED) is 0.818. The minimum absolute atomic E-state index is 0.0765. The fraction of sp³-hybridized carbons (Fsp3) is 0.333. The van der Waals surface area contributed by atoms with Crippen LogP contribution in [0.4, 0.5) is 0 Å². The van der Waals surface area contributed by atoms with Crippen LogP contribution in [0.2, 0.25) is 0 Å². The standard InChI is InChI=1S/C15H19N3O3/c1-11(15-16-8-9-17-15)18-14(19)7-10-21-13-5-3-12(20-2)4-6-13/h3-6,8-9,11H,7,10H2,1-2H3,(H,16,17)(H,18,19). The Balaban J connectivity index is 1.71. The van der Waals surface area contributed by atoms with Crippen LogP contribution in [0.5, 0.6) is 11.5 Å². The van der Waals surface area contributed by atoms with Gasteiger partial charge in [-0.1, -0.05) is 0 Å². The molecule has 6 heteroatoms. The van der Waals surface area contributed by atoms with Gasteiger partial charge in [-0.2, -0.15) is 0 Å². The van der Waals surface area contributed by atoms with Crippen molar-refractivity contribution in [1.82, 2.24) is 15.3 Å². The summed E-state index contributed by atoms with van der Waals surface area (Å²) >= 11 is 0. The Morgan fingerprint density at radius 2 is 2.05 bits per heavy atom. The summed E-state index contributed by atoms with van der Waals surface area (Å²) < 4.78 is 10.6.